The average Bonchev–Trinajstić information content (AvgIpc) is 3.70. The molecule has 0 aromatic rings. The Morgan fingerprint density at radius 1 is 0.379 bits per heavy atom. The van der Waals surface area contributed by atoms with E-state index in [1.807, 2.05) is 27.2 Å². The summed E-state index contributed by atoms with van der Waals surface area (Å²) in [5.74, 6) is -0.176. The number of hydrogen-bond donors (Lipinski definition) is 3. The third-order valence-electron chi connectivity index (χ3n) is 18.4. The predicted octanol–water partition coefficient (Wildman–Crippen LogP) is 25.4. The van der Waals surface area contributed by atoms with Crippen LogP contribution in [0, 0.1) is 0 Å². The number of nitrogens with zero attached hydrogens (tertiary/aromatic N) is 1. The van der Waals surface area contributed by atoms with Gasteiger partial charge in [-0.15, -0.1) is 0 Å². The summed E-state index contributed by atoms with van der Waals surface area (Å²) in [7, 11) is 1.58. The Balaban J connectivity index is 3.97. The molecule has 0 spiro atoms. The normalized spacial score (nSPS) is 13.6. The molecule has 0 rings (SSSR count). The fraction of sp³-hybridized carbons (Fsp3) is 0.936. The van der Waals surface area contributed by atoms with E-state index in [1.54, 1.807) is 6.08 Å². The van der Waals surface area contributed by atoms with Gasteiger partial charge in [0.05, 0.1) is 39.9 Å². The molecule has 0 fully saturated rings. The fourth-order valence-electron chi connectivity index (χ4n) is 12.4. The van der Waals surface area contributed by atoms with Gasteiger partial charge in [0.25, 0.3) is 0 Å². The van der Waals surface area contributed by atoms with Gasteiger partial charge < -0.3 is 19.8 Å². The van der Waals surface area contributed by atoms with Crippen molar-refractivity contribution in [2.24, 2.45) is 0 Å². The SMILES string of the molecule is CCCCCCCCCCCCCCCCCCCCCCCCCC/C=C/CC/C=C/C(O)C(COP(=O)(O)OCC[N+](C)(C)C)NC(=O)CCCCCCCCCCCCCCCCCCCCCCCCCCCCCCCCCCCCC. The van der Waals surface area contributed by atoms with Crippen LogP contribution in [-0.2, 0) is 18.4 Å². The zero-order valence-corrected chi connectivity index (χ0v) is 60.4. The third-order valence-corrected chi connectivity index (χ3v) is 19.4. The molecule has 0 saturated heterocycles. The summed E-state index contributed by atoms with van der Waals surface area (Å²) in [5.41, 5.74) is 0. The number of phosphoric ester groups is 1. The first-order chi connectivity index (χ1) is 42.5. The number of quaternary nitrogens is 1. The lowest BCUT2D eigenvalue weighted by atomic mass is 10.0. The second kappa shape index (κ2) is 69.3. The summed E-state index contributed by atoms with van der Waals surface area (Å²) in [6, 6.07) is -0.863. The summed E-state index contributed by atoms with van der Waals surface area (Å²) >= 11 is 0. The van der Waals surface area contributed by atoms with Crippen LogP contribution in [0.3, 0.4) is 0 Å². The molecular formula is C78H156N2O6P+. The van der Waals surface area contributed by atoms with Crippen molar-refractivity contribution in [1.29, 1.82) is 0 Å². The molecule has 0 aromatic carbocycles. The fourth-order valence-corrected chi connectivity index (χ4v) is 13.1. The number of aliphatic hydroxyl groups is 1. The molecule has 518 valence electrons. The van der Waals surface area contributed by atoms with E-state index in [0.717, 1.165) is 38.5 Å². The summed E-state index contributed by atoms with van der Waals surface area (Å²) in [5, 5.41) is 14.0. The molecule has 0 aliphatic carbocycles. The van der Waals surface area contributed by atoms with E-state index in [0.29, 0.717) is 17.4 Å². The van der Waals surface area contributed by atoms with Crippen molar-refractivity contribution in [1.82, 2.24) is 5.32 Å². The Labute approximate surface area is 545 Å². The number of likely N-dealkylation sites (N-methyl/N-ethyl adjacent to an activating group) is 1. The van der Waals surface area contributed by atoms with Crippen LogP contribution >= 0.6 is 7.82 Å². The molecule has 3 unspecified atom stereocenters. The highest BCUT2D eigenvalue weighted by Crippen LogP contribution is 2.43. The number of phosphoric acid groups is 1. The Morgan fingerprint density at radius 3 is 0.920 bits per heavy atom. The molecular weight excluding hydrogens is 1090 g/mol. The number of carbonyl (C=O) groups excluding carboxylic acids is 1. The molecule has 8 nitrogen and oxygen atoms in total. The van der Waals surface area contributed by atoms with Crippen LogP contribution in [0.15, 0.2) is 24.3 Å². The number of nitrogens with one attached hydrogen (secondary N) is 1. The molecule has 0 heterocycles. The molecule has 0 aliphatic heterocycles. The van der Waals surface area contributed by atoms with Gasteiger partial charge in [-0.25, -0.2) is 4.57 Å². The lowest BCUT2D eigenvalue weighted by molar-refractivity contribution is -0.870. The van der Waals surface area contributed by atoms with Crippen LogP contribution < -0.4 is 5.32 Å². The van der Waals surface area contributed by atoms with E-state index in [1.165, 1.54) is 360 Å². The highest BCUT2D eigenvalue weighted by molar-refractivity contribution is 7.47. The van der Waals surface area contributed by atoms with Crippen molar-refractivity contribution in [2.75, 3.05) is 40.9 Å². The van der Waals surface area contributed by atoms with Gasteiger partial charge >= 0.3 is 7.82 Å². The number of amides is 1. The highest BCUT2D eigenvalue weighted by atomic mass is 31.2. The van der Waals surface area contributed by atoms with Gasteiger partial charge in [-0.05, 0) is 32.1 Å². The minimum atomic E-state index is -4.36. The molecule has 87 heavy (non-hydrogen) atoms. The number of aliphatic hydroxyl groups excluding tert-OH is 1. The maximum absolute atomic E-state index is 13.1. The first-order valence-electron chi connectivity index (χ1n) is 39.2. The minimum absolute atomic E-state index is 0.0592. The molecule has 3 atom stereocenters. The molecule has 0 aliphatic rings. The Hall–Kier alpha value is -1.02. The van der Waals surface area contributed by atoms with Gasteiger partial charge in [-0.3, -0.25) is 13.8 Å². The van der Waals surface area contributed by atoms with E-state index in [9.17, 15) is 19.4 Å². The highest BCUT2D eigenvalue weighted by Gasteiger charge is 2.28. The van der Waals surface area contributed by atoms with Gasteiger partial charge in [-0.1, -0.05) is 404 Å². The predicted molar refractivity (Wildman–Crippen MR) is 383 cm³/mol. The number of carbonyl (C=O) groups is 1. The second-order valence-corrected chi connectivity index (χ2v) is 29.9. The van der Waals surface area contributed by atoms with Gasteiger partial charge in [-0.2, -0.15) is 0 Å². The molecule has 0 radical (unpaired) electrons. The van der Waals surface area contributed by atoms with E-state index in [2.05, 4.69) is 31.3 Å². The van der Waals surface area contributed by atoms with Crippen molar-refractivity contribution in [3.05, 3.63) is 24.3 Å². The van der Waals surface area contributed by atoms with Gasteiger partial charge in [0.1, 0.15) is 13.2 Å². The molecule has 3 N–H and O–H groups in total. The van der Waals surface area contributed by atoms with E-state index >= 15 is 0 Å². The van der Waals surface area contributed by atoms with Crippen LogP contribution in [0.2, 0.25) is 0 Å². The molecule has 0 saturated carbocycles. The number of unbranched alkanes of at least 4 members (excludes halogenated alkanes) is 59. The van der Waals surface area contributed by atoms with Crippen molar-refractivity contribution in [3.63, 3.8) is 0 Å². The van der Waals surface area contributed by atoms with Crippen molar-refractivity contribution >= 4 is 13.7 Å². The zero-order chi connectivity index (χ0) is 63.4. The van der Waals surface area contributed by atoms with Crippen LogP contribution in [0.5, 0.6) is 0 Å². The van der Waals surface area contributed by atoms with Crippen LogP contribution in [0.25, 0.3) is 0 Å². The smallest absolute Gasteiger partial charge is 0.387 e. The van der Waals surface area contributed by atoms with E-state index in [-0.39, 0.29) is 19.1 Å². The number of allylic oxidation sites excluding steroid dienone is 3. The van der Waals surface area contributed by atoms with E-state index < -0.39 is 20.0 Å². The lowest BCUT2D eigenvalue weighted by Crippen LogP contribution is -2.45. The molecule has 0 bridgehead atoms. The molecule has 1 amide bonds. The lowest BCUT2D eigenvalue weighted by Gasteiger charge is -2.25. The summed E-state index contributed by atoms with van der Waals surface area (Å²) in [6.07, 6.45) is 92.4. The van der Waals surface area contributed by atoms with Gasteiger partial charge in [0.15, 0.2) is 0 Å². The maximum Gasteiger partial charge on any atom is 0.472 e. The van der Waals surface area contributed by atoms with Gasteiger partial charge in [0, 0.05) is 6.42 Å². The van der Waals surface area contributed by atoms with Crippen molar-refractivity contribution in [3.8, 4) is 0 Å². The maximum atomic E-state index is 13.1. The zero-order valence-electron chi connectivity index (χ0n) is 59.6. The summed E-state index contributed by atoms with van der Waals surface area (Å²) < 4.78 is 23.9. The first-order valence-corrected chi connectivity index (χ1v) is 40.7. The summed E-state index contributed by atoms with van der Waals surface area (Å²) in [6.45, 7) is 4.87. The number of hydrogen-bond acceptors (Lipinski definition) is 5. The van der Waals surface area contributed by atoms with Crippen LogP contribution in [-0.4, -0.2) is 73.4 Å². The monoisotopic (exact) mass is 1250 g/mol. The van der Waals surface area contributed by atoms with Crippen molar-refractivity contribution in [2.45, 2.75) is 431 Å². The Kier molecular flexibility index (Phi) is 68.5. The van der Waals surface area contributed by atoms with E-state index in [4.69, 9.17) is 9.05 Å². The number of rotatable bonds is 74. The van der Waals surface area contributed by atoms with Crippen LogP contribution in [0.4, 0.5) is 0 Å². The second-order valence-electron chi connectivity index (χ2n) is 28.4. The standard InChI is InChI=1S/C78H155N2O6P/c1-6-8-10-12-14-16-18-20-22-24-26-28-30-32-34-36-38-39-40-41-42-44-46-48-50-52-54-56-58-60-62-64-66-68-70-72-78(82)79-76(75-86-87(83,84)85-74-73-80(3,4)5)77(81)71-69-67-65-63-61-59-57-55-53-51-49-47-45-43-37-35-33-31-29-27-25-23-21-19-17-15-13-11-9-7-2/h61,63,69,71,76-77,81H,6-60,62,64-68,70,72-75H2,1-5H3,(H-,79,82,83,84)/p+1/b63-61+,71-69+. The largest absolute Gasteiger partial charge is 0.472 e. The minimum Gasteiger partial charge on any atom is -0.387 e. The van der Waals surface area contributed by atoms with Crippen LogP contribution in [0.1, 0.15) is 418 Å². The molecule has 9 heteroatoms. The quantitative estimate of drug-likeness (QED) is 0.0243. The first kappa shape index (κ1) is 86.0. The Morgan fingerprint density at radius 2 is 0.632 bits per heavy atom. The van der Waals surface area contributed by atoms with Crippen molar-refractivity contribution < 1.29 is 32.9 Å². The summed E-state index contributed by atoms with van der Waals surface area (Å²) in [4.78, 5) is 23.5. The van der Waals surface area contributed by atoms with Gasteiger partial charge in [0.2, 0.25) is 5.91 Å². The Bertz CT molecular complexity index is 1470. The topological polar surface area (TPSA) is 105 Å². The average molecular weight is 1250 g/mol. The third kappa shape index (κ3) is 72.3. The molecule has 0 aromatic heterocycles.